The molecule has 0 unspecified atom stereocenters. The summed E-state index contributed by atoms with van der Waals surface area (Å²) in [6.45, 7) is 1.00. The molecule has 0 saturated heterocycles. The van der Waals surface area contributed by atoms with E-state index in [0.29, 0.717) is 13.1 Å². The van der Waals surface area contributed by atoms with Gasteiger partial charge in [-0.3, -0.25) is 0 Å². The third kappa shape index (κ3) is 2.55. The SMILES string of the molecule is CS(=O)(=O)N1CC=C(c2c[nH]c3ccc(Br)cc23)CC1. The minimum absolute atomic E-state index is 0.453. The third-order valence-corrected chi connectivity index (χ3v) is 5.39. The van der Waals surface area contributed by atoms with Crippen molar-refractivity contribution < 1.29 is 8.42 Å². The van der Waals surface area contributed by atoms with Gasteiger partial charge in [-0.15, -0.1) is 0 Å². The lowest BCUT2D eigenvalue weighted by Crippen LogP contribution is -2.33. The van der Waals surface area contributed by atoms with Crippen LogP contribution in [0.25, 0.3) is 16.5 Å². The Morgan fingerprint density at radius 2 is 2.15 bits per heavy atom. The van der Waals surface area contributed by atoms with E-state index in [-0.39, 0.29) is 0 Å². The Bertz CT molecular complexity index is 793. The molecule has 106 valence electrons. The van der Waals surface area contributed by atoms with Crippen LogP contribution < -0.4 is 0 Å². The number of nitrogens with zero attached hydrogens (tertiary/aromatic N) is 1. The third-order valence-electron chi connectivity index (χ3n) is 3.63. The number of aromatic nitrogens is 1. The fourth-order valence-electron chi connectivity index (χ4n) is 2.55. The van der Waals surface area contributed by atoms with Crippen LogP contribution >= 0.6 is 15.9 Å². The number of aromatic amines is 1. The smallest absolute Gasteiger partial charge is 0.211 e. The molecule has 1 aliphatic heterocycles. The molecular weight excluding hydrogens is 340 g/mol. The highest BCUT2D eigenvalue weighted by Gasteiger charge is 2.21. The van der Waals surface area contributed by atoms with Gasteiger partial charge in [-0.05, 0) is 30.2 Å². The topological polar surface area (TPSA) is 53.2 Å². The average molecular weight is 355 g/mol. The average Bonchev–Trinajstić information content (AvgIpc) is 2.81. The van der Waals surface area contributed by atoms with Gasteiger partial charge in [0.05, 0.1) is 6.26 Å². The second-order valence-corrected chi connectivity index (χ2v) is 7.89. The second-order valence-electron chi connectivity index (χ2n) is 4.99. The van der Waals surface area contributed by atoms with Crippen molar-refractivity contribution in [2.24, 2.45) is 0 Å². The molecular formula is C14H15BrN2O2S. The van der Waals surface area contributed by atoms with Crippen LogP contribution in [0.4, 0.5) is 0 Å². The fraction of sp³-hybridized carbons (Fsp3) is 0.286. The monoisotopic (exact) mass is 354 g/mol. The molecule has 0 fully saturated rings. The van der Waals surface area contributed by atoms with E-state index in [0.717, 1.165) is 22.0 Å². The van der Waals surface area contributed by atoms with Gasteiger partial charge in [-0.25, -0.2) is 8.42 Å². The quantitative estimate of drug-likeness (QED) is 0.901. The molecule has 2 aromatic rings. The van der Waals surface area contributed by atoms with Crippen molar-refractivity contribution in [2.45, 2.75) is 6.42 Å². The van der Waals surface area contributed by atoms with Crippen LogP contribution in [0.15, 0.2) is 34.9 Å². The van der Waals surface area contributed by atoms with Crippen molar-refractivity contribution in [3.05, 3.63) is 40.5 Å². The molecule has 0 atom stereocenters. The highest BCUT2D eigenvalue weighted by atomic mass is 79.9. The number of halogens is 1. The van der Waals surface area contributed by atoms with Crippen LogP contribution in [0.1, 0.15) is 12.0 Å². The van der Waals surface area contributed by atoms with Crippen LogP contribution in [-0.2, 0) is 10.0 Å². The predicted molar refractivity (Wildman–Crippen MR) is 85.0 cm³/mol. The number of hydrogen-bond acceptors (Lipinski definition) is 2. The molecule has 0 radical (unpaired) electrons. The van der Waals surface area contributed by atoms with Crippen LogP contribution in [-0.4, -0.2) is 37.1 Å². The molecule has 3 rings (SSSR count). The summed E-state index contributed by atoms with van der Waals surface area (Å²) in [6, 6.07) is 6.13. The van der Waals surface area contributed by atoms with E-state index in [1.165, 1.54) is 21.5 Å². The maximum atomic E-state index is 11.5. The van der Waals surface area contributed by atoms with Gasteiger partial charge in [0.15, 0.2) is 0 Å². The number of nitrogens with one attached hydrogen (secondary N) is 1. The van der Waals surface area contributed by atoms with Gasteiger partial charge in [-0.2, -0.15) is 4.31 Å². The summed E-state index contributed by atoms with van der Waals surface area (Å²) in [4.78, 5) is 3.26. The van der Waals surface area contributed by atoms with E-state index in [4.69, 9.17) is 0 Å². The van der Waals surface area contributed by atoms with Gasteiger partial charge in [0.2, 0.25) is 10.0 Å². The highest BCUT2D eigenvalue weighted by molar-refractivity contribution is 9.10. The molecule has 0 aliphatic carbocycles. The summed E-state index contributed by atoms with van der Waals surface area (Å²) < 4.78 is 25.6. The lowest BCUT2D eigenvalue weighted by Gasteiger charge is -2.24. The van der Waals surface area contributed by atoms with Crippen molar-refractivity contribution in [1.29, 1.82) is 0 Å². The minimum atomic E-state index is -3.09. The number of hydrogen-bond donors (Lipinski definition) is 1. The number of fused-ring (bicyclic) bond motifs is 1. The van der Waals surface area contributed by atoms with Crippen LogP contribution in [0.2, 0.25) is 0 Å². The Labute approximate surface area is 126 Å². The maximum absolute atomic E-state index is 11.5. The lowest BCUT2D eigenvalue weighted by atomic mass is 10.00. The summed E-state index contributed by atoms with van der Waals surface area (Å²) in [7, 11) is -3.09. The standard InChI is InChI=1S/C14H15BrN2O2S/c1-20(18,19)17-6-4-10(5-7-17)13-9-16-14-3-2-11(15)8-12(13)14/h2-4,8-9,16H,5-7H2,1H3. The first kappa shape index (κ1) is 13.9. The zero-order valence-corrected chi connectivity index (χ0v) is 13.5. The van der Waals surface area contributed by atoms with E-state index >= 15 is 0 Å². The van der Waals surface area contributed by atoms with E-state index in [9.17, 15) is 8.42 Å². The highest BCUT2D eigenvalue weighted by Crippen LogP contribution is 2.31. The zero-order valence-electron chi connectivity index (χ0n) is 11.1. The summed E-state index contributed by atoms with van der Waals surface area (Å²) in [5.74, 6) is 0. The van der Waals surface area contributed by atoms with Gasteiger partial charge in [-0.1, -0.05) is 22.0 Å². The first-order valence-corrected chi connectivity index (χ1v) is 9.00. The largest absolute Gasteiger partial charge is 0.361 e. The molecule has 0 saturated carbocycles. The van der Waals surface area contributed by atoms with Crippen molar-refractivity contribution in [3.63, 3.8) is 0 Å². The zero-order chi connectivity index (χ0) is 14.3. The Balaban J connectivity index is 1.97. The fourth-order valence-corrected chi connectivity index (χ4v) is 3.68. The van der Waals surface area contributed by atoms with E-state index < -0.39 is 10.0 Å². The molecule has 6 heteroatoms. The van der Waals surface area contributed by atoms with Crippen LogP contribution in [0, 0.1) is 0 Å². The summed E-state index contributed by atoms with van der Waals surface area (Å²) in [6.07, 6.45) is 6.01. The van der Waals surface area contributed by atoms with E-state index in [1.807, 2.05) is 24.4 Å². The first-order chi connectivity index (χ1) is 9.45. The summed E-state index contributed by atoms with van der Waals surface area (Å²) in [5, 5.41) is 1.17. The molecule has 1 aromatic carbocycles. The van der Waals surface area contributed by atoms with Gasteiger partial charge in [0.1, 0.15) is 0 Å². The number of rotatable bonds is 2. The molecule has 2 heterocycles. The Kier molecular flexibility index (Phi) is 3.48. The number of H-pyrrole nitrogens is 1. The molecule has 0 amide bonds. The number of benzene rings is 1. The molecule has 4 nitrogen and oxygen atoms in total. The Morgan fingerprint density at radius 3 is 2.80 bits per heavy atom. The Morgan fingerprint density at radius 1 is 1.35 bits per heavy atom. The van der Waals surface area contributed by atoms with Crippen molar-refractivity contribution in [3.8, 4) is 0 Å². The molecule has 0 spiro atoms. The maximum Gasteiger partial charge on any atom is 0.211 e. The van der Waals surface area contributed by atoms with E-state index in [1.54, 1.807) is 0 Å². The summed E-state index contributed by atoms with van der Waals surface area (Å²) in [5.41, 5.74) is 3.46. The molecule has 0 bridgehead atoms. The molecule has 1 N–H and O–H groups in total. The normalized spacial score (nSPS) is 17.4. The van der Waals surface area contributed by atoms with Gasteiger partial charge in [0, 0.05) is 40.2 Å². The molecule has 1 aromatic heterocycles. The van der Waals surface area contributed by atoms with Gasteiger partial charge >= 0.3 is 0 Å². The Hall–Kier alpha value is -1.11. The predicted octanol–water partition coefficient (Wildman–Crippen LogP) is 2.98. The number of sulfonamides is 1. The van der Waals surface area contributed by atoms with Crippen molar-refractivity contribution >= 4 is 42.4 Å². The summed E-state index contributed by atoms with van der Waals surface area (Å²) >= 11 is 3.49. The lowest BCUT2D eigenvalue weighted by molar-refractivity contribution is 0.446. The second kappa shape index (κ2) is 5.02. The first-order valence-electron chi connectivity index (χ1n) is 6.36. The molecule has 20 heavy (non-hydrogen) atoms. The van der Waals surface area contributed by atoms with Crippen LogP contribution in [0.3, 0.4) is 0 Å². The molecule has 1 aliphatic rings. The van der Waals surface area contributed by atoms with E-state index in [2.05, 4.69) is 27.0 Å². The van der Waals surface area contributed by atoms with Crippen molar-refractivity contribution in [2.75, 3.05) is 19.3 Å². The van der Waals surface area contributed by atoms with Gasteiger partial charge in [0.25, 0.3) is 0 Å². The van der Waals surface area contributed by atoms with Gasteiger partial charge < -0.3 is 4.98 Å². The van der Waals surface area contributed by atoms with Crippen LogP contribution in [0.5, 0.6) is 0 Å². The minimum Gasteiger partial charge on any atom is -0.361 e. The van der Waals surface area contributed by atoms with Crippen molar-refractivity contribution in [1.82, 2.24) is 9.29 Å².